The Labute approximate surface area is 308 Å². The minimum Gasteiger partial charge on any atom is -0.385 e. The zero-order valence-electron chi connectivity index (χ0n) is 30.8. The highest BCUT2D eigenvalue weighted by molar-refractivity contribution is 6.30. The van der Waals surface area contributed by atoms with Crippen molar-refractivity contribution in [3.8, 4) is 0 Å². The third-order valence-corrected chi connectivity index (χ3v) is 10.6. The molecule has 4 rings (SSSR count). The molecule has 2 heterocycles. The molecule has 12 heteroatoms. The van der Waals surface area contributed by atoms with E-state index in [0.717, 1.165) is 69.8 Å². The molecule has 0 spiro atoms. The number of unbranched alkanes of at least 4 members (excludes halogenated alkanes) is 1. The third-order valence-electron chi connectivity index (χ3n) is 10.3. The summed E-state index contributed by atoms with van der Waals surface area (Å²) in [6, 6.07) is 11.7. The first-order chi connectivity index (χ1) is 24.5. The summed E-state index contributed by atoms with van der Waals surface area (Å²) in [5.74, 6) is -1.88. The number of nitrogens with one attached hydrogen (secondary N) is 4. The summed E-state index contributed by atoms with van der Waals surface area (Å²) >= 11 is 6.15. The highest BCUT2D eigenvalue weighted by atomic mass is 35.5. The van der Waals surface area contributed by atoms with Crippen LogP contribution in [0, 0.1) is 23.5 Å². The van der Waals surface area contributed by atoms with Crippen LogP contribution in [-0.4, -0.2) is 76.6 Å². The highest BCUT2D eigenvalue weighted by Crippen LogP contribution is 2.41. The van der Waals surface area contributed by atoms with Gasteiger partial charge in [0.25, 0.3) is 0 Å². The molecule has 2 aromatic carbocycles. The monoisotopic (exact) mass is 736 g/mol. The van der Waals surface area contributed by atoms with Crippen LogP contribution >= 0.6 is 11.6 Å². The Morgan fingerprint density at radius 2 is 1.69 bits per heavy atom. The molecule has 0 aromatic heterocycles. The van der Waals surface area contributed by atoms with Gasteiger partial charge < -0.3 is 35.8 Å². The van der Waals surface area contributed by atoms with E-state index >= 15 is 0 Å². The van der Waals surface area contributed by atoms with E-state index in [0.29, 0.717) is 50.4 Å². The zero-order valence-corrected chi connectivity index (χ0v) is 31.6. The number of carbonyl (C=O) groups excluding carboxylic acids is 2. The molecule has 2 amide bonds. The van der Waals surface area contributed by atoms with Gasteiger partial charge in [0.2, 0.25) is 11.8 Å². The van der Waals surface area contributed by atoms with Crippen molar-refractivity contribution < 1.29 is 33.0 Å². The molecule has 5 N–H and O–H groups in total. The van der Waals surface area contributed by atoms with Crippen molar-refractivity contribution in [2.24, 2.45) is 11.8 Å². The number of piperidine rings is 2. The van der Waals surface area contributed by atoms with Crippen LogP contribution in [0.15, 0.2) is 42.5 Å². The molecule has 2 aliphatic heterocycles. The van der Waals surface area contributed by atoms with Crippen molar-refractivity contribution in [1.82, 2.24) is 21.3 Å². The van der Waals surface area contributed by atoms with Crippen molar-refractivity contribution in [3.63, 3.8) is 0 Å². The summed E-state index contributed by atoms with van der Waals surface area (Å²) < 4.78 is 38.9. The lowest BCUT2D eigenvalue weighted by molar-refractivity contribution is -0.130. The number of amides is 2. The molecular weight excluding hydrogens is 678 g/mol. The van der Waals surface area contributed by atoms with Gasteiger partial charge in [-0.2, -0.15) is 0 Å². The number of aliphatic hydroxyl groups is 1. The number of hydrogen-bond donors (Lipinski definition) is 5. The maximum atomic E-state index is 14.8. The van der Waals surface area contributed by atoms with Gasteiger partial charge in [0, 0.05) is 63.4 Å². The van der Waals surface area contributed by atoms with Crippen LogP contribution in [0.25, 0.3) is 0 Å². The zero-order chi connectivity index (χ0) is 37.3. The van der Waals surface area contributed by atoms with E-state index in [4.69, 9.17) is 21.1 Å². The predicted molar refractivity (Wildman–Crippen MR) is 197 cm³/mol. The van der Waals surface area contributed by atoms with Crippen LogP contribution in [0.5, 0.6) is 0 Å². The summed E-state index contributed by atoms with van der Waals surface area (Å²) in [6.07, 6.45) is 7.03. The smallest absolute Gasteiger partial charge is 0.248 e. The fourth-order valence-electron chi connectivity index (χ4n) is 7.32. The molecule has 0 aliphatic carbocycles. The lowest BCUT2D eigenvalue weighted by Crippen LogP contribution is -2.55. The molecule has 0 radical (unpaired) electrons. The SMILES string of the molecule is CCC(=O)N[C@](CCCCOC)(c1cccc(F)c1F)[C@@H]1CCCNC1.CO[C@H](C)C(=O)NCCC[C@@](O)(c1cccc(Cl)c1)[C@@H]1CCCNC1. The first-order valence-corrected chi connectivity index (χ1v) is 18.8. The summed E-state index contributed by atoms with van der Waals surface area (Å²) in [5, 5.41) is 24.8. The van der Waals surface area contributed by atoms with Gasteiger partial charge in [-0.1, -0.05) is 42.8 Å². The van der Waals surface area contributed by atoms with Crippen LogP contribution in [0.2, 0.25) is 5.02 Å². The Morgan fingerprint density at radius 3 is 2.29 bits per heavy atom. The van der Waals surface area contributed by atoms with E-state index in [-0.39, 0.29) is 29.2 Å². The molecule has 2 fully saturated rings. The number of ether oxygens (including phenoxy) is 2. The van der Waals surface area contributed by atoms with Crippen LogP contribution in [0.4, 0.5) is 8.78 Å². The van der Waals surface area contributed by atoms with Crippen LogP contribution in [-0.2, 0) is 30.2 Å². The molecule has 286 valence electrons. The van der Waals surface area contributed by atoms with Gasteiger partial charge in [-0.3, -0.25) is 9.59 Å². The maximum absolute atomic E-state index is 14.8. The highest BCUT2D eigenvalue weighted by Gasteiger charge is 2.44. The average molecular weight is 737 g/mol. The Balaban J connectivity index is 0.000000276. The van der Waals surface area contributed by atoms with Crippen LogP contribution in [0.1, 0.15) is 89.2 Å². The third kappa shape index (κ3) is 12.2. The van der Waals surface area contributed by atoms with Gasteiger partial charge in [0.1, 0.15) is 6.10 Å². The number of methoxy groups -OCH3 is 2. The quantitative estimate of drug-likeness (QED) is 0.127. The van der Waals surface area contributed by atoms with E-state index in [2.05, 4.69) is 21.3 Å². The predicted octanol–water partition coefficient (Wildman–Crippen LogP) is 5.96. The van der Waals surface area contributed by atoms with Crippen molar-refractivity contribution in [2.45, 2.75) is 95.3 Å². The first-order valence-electron chi connectivity index (χ1n) is 18.5. The van der Waals surface area contributed by atoms with E-state index in [9.17, 15) is 23.5 Å². The second kappa shape index (κ2) is 21.8. The van der Waals surface area contributed by atoms with Gasteiger partial charge in [-0.05, 0) is 107 Å². The molecule has 2 aromatic rings. The van der Waals surface area contributed by atoms with Gasteiger partial charge in [-0.25, -0.2) is 8.78 Å². The normalized spacial score (nSPS) is 20.5. The number of hydrogen-bond acceptors (Lipinski definition) is 7. The molecule has 9 nitrogen and oxygen atoms in total. The summed E-state index contributed by atoms with van der Waals surface area (Å²) in [4.78, 5) is 24.1. The first kappa shape index (κ1) is 42.7. The minimum atomic E-state index is -0.948. The summed E-state index contributed by atoms with van der Waals surface area (Å²) in [7, 11) is 3.15. The van der Waals surface area contributed by atoms with E-state index in [1.165, 1.54) is 13.2 Å². The number of carbonyl (C=O) groups is 2. The standard InChI is InChI=1S/C20H30F2N2O2.C19H29ClN2O3/c1-3-18(25)24-20(11-4-5-13-26-2,15-8-7-12-23-14-15)16-9-6-10-17(21)19(16)22;1-14(25-2)18(23)22-11-5-9-19(24,16-7-4-10-21-13-16)15-6-3-8-17(20)12-15/h6,9-10,15,23H,3-5,7-8,11-14H2,1-2H3,(H,24,25);3,6,8,12,14,16,21,24H,4-5,7,9-11,13H2,1-2H3,(H,22,23)/t15-,20+;14-,16-,19-/m11/s1. The average Bonchev–Trinajstić information content (AvgIpc) is 3.16. The lowest BCUT2D eigenvalue weighted by atomic mass is 9.71. The number of rotatable bonds is 17. The minimum absolute atomic E-state index is 0.00518. The Bertz CT molecular complexity index is 1360. The number of benzene rings is 2. The van der Waals surface area contributed by atoms with Crippen LogP contribution in [0.3, 0.4) is 0 Å². The largest absolute Gasteiger partial charge is 0.385 e. The van der Waals surface area contributed by atoms with E-state index in [1.54, 1.807) is 27.0 Å². The Hall–Kier alpha value is -2.67. The molecular formula is C39H59ClF2N4O5. The van der Waals surface area contributed by atoms with Crippen molar-refractivity contribution in [2.75, 3.05) is 53.6 Å². The van der Waals surface area contributed by atoms with Crippen molar-refractivity contribution in [3.05, 3.63) is 70.2 Å². The van der Waals surface area contributed by atoms with Crippen LogP contribution < -0.4 is 21.3 Å². The fraction of sp³-hybridized carbons (Fsp3) is 0.641. The van der Waals surface area contributed by atoms with Gasteiger partial charge in [0.15, 0.2) is 11.6 Å². The van der Waals surface area contributed by atoms with Gasteiger partial charge in [-0.15, -0.1) is 0 Å². The Kier molecular flexibility index (Phi) is 18.2. The molecule has 0 unspecified atom stereocenters. The van der Waals surface area contributed by atoms with Crippen molar-refractivity contribution >= 4 is 23.4 Å². The fourth-order valence-corrected chi connectivity index (χ4v) is 7.51. The Morgan fingerprint density at radius 1 is 1.00 bits per heavy atom. The number of halogens is 3. The molecule has 0 bridgehead atoms. The van der Waals surface area contributed by atoms with Gasteiger partial charge in [0.05, 0.1) is 11.1 Å². The molecule has 2 aliphatic rings. The maximum Gasteiger partial charge on any atom is 0.248 e. The van der Waals surface area contributed by atoms with E-state index < -0.39 is 28.9 Å². The topological polar surface area (TPSA) is 121 Å². The molecule has 5 atom stereocenters. The van der Waals surface area contributed by atoms with Crippen molar-refractivity contribution in [1.29, 1.82) is 0 Å². The molecule has 51 heavy (non-hydrogen) atoms. The molecule has 2 saturated heterocycles. The second-order valence-electron chi connectivity index (χ2n) is 13.7. The lowest BCUT2D eigenvalue weighted by Gasteiger charge is -2.44. The van der Waals surface area contributed by atoms with Gasteiger partial charge >= 0.3 is 0 Å². The second-order valence-corrected chi connectivity index (χ2v) is 14.2. The molecule has 0 saturated carbocycles. The summed E-state index contributed by atoms with van der Waals surface area (Å²) in [5.41, 5.74) is -0.758. The van der Waals surface area contributed by atoms with E-state index in [1.807, 2.05) is 24.3 Å². The summed E-state index contributed by atoms with van der Waals surface area (Å²) in [6.45, 7) is 7.95.